The van der Waals surface area contributed by atoms with E-state index in [1.165, 1.54) is 12.1 Å². The van der Waals surface area contributed by atoms with Crippen LogP contribution in [0.1, 0.15) is 22.3 Å². The molecule has 102 valence electrons. The molecule has 0 saturated carbocycles. The Morgan fingerprint density at radius 1 is 1.42 bits per heavy atom. The number of nitrogens with zero attached hydrogens (tertiary/aromatic N) is 1. The summed E-state index contributed by atoms with van der Waals surface area (Å²) in [4.78, 5) is 24.2. The number of nitrogens with one attached hydrogen (secondary N) is 1. The van der Waals surface area contributed by atoms with Crippen LogP contribution in [0.4, 0.5) is 4.39 Å². The maximum atomic E-state index is 13.6. The van der Waals surface area contributed by atoms with Crippen LogP contribution in [0.3, 0.4) is 0 Å². The molecule has 0 bridgehead atoms. The van der Waals surface area contributed by atoms with E-state index in [0.29, 0.717) is 26.1 Å². The van der Waals surface area contributed by atoms with Gasteiger partial charge >= 0.3 is 0 Å². The van der Waals surface area contributed by atoms with E-state index < -0.39 is 11.7 Å². The lowest BCUT2D eigenvalue weighted by Crippen LogP contribution is -2.28. The van der Waals surface area contributed by atoms with Crippen molar-refractivity contribution in [3.05, 3.63) is 35.1 Å². The number of hydrogen-bond acceptors (Lipinski definition) is 3. The summed E-state index contributed by atoms with van der Waals surface area (Å²) >= 11 is 0. The van der Waals surface area contributed by atoms with E-state index in [1.807, 2.05) is 0 Å². The van der Waals surface area contributed by atoms with Crippen LogP contribution in [0.5, 0.6) is 0 Å². The van der Waals surface area contributed by atoms with Gasteiger partial charge in [0.2, 0.25) is 5.91 Å². The van der Waals surface area contributed by atoms with Crippen LogP contribution in [0.25, 0.3) is 0 Å². The molecule has 1 aliphatic heterocycles. The van der Waals surface area contributed by atoms with E-state index in [4.69, 9.17) is 5.73 Å². The minimum absolute atomic E-state index is 0.0396. The van der Waals surface area contributed by atoms with Gasteiger partial charge in [0.15, 0.2) is 0 Å². The van der Waals surface area contributed by atoms with Crippen LogP contribution >= 0.6 is 0 Å². The molecular formula is C13H16FN3O2. The fourth-order valence-corrected chi connectivity index (χ4v) is 2.09. The van der Waals surface area contributed by atoms with E-state index in [2.05, 4.69) is 10.2 Å². The van der Waals surface area contributed by atoms with Crippen molar-refractivity contribution in [1.29, 1.82) is 0 Å². The van der Waals surface area contributed by atoms with Gasteiger partial charge in [0, 0.05) is 32.6 Å². The van der Waals surface area contributed by atoms with Crippen molar-refractivity contribution in [2.45, 2.75) is 13.0 Å². The first kappa shape index (κ1) is 13.5. The van der Waals surface area contributed by atoms with Gasteiger partial charge in [0.25, 0.3) is 5.91 Å². The third kappa shape index (κ3) is 3.51. The lowest BCUT2D eigenvalue weighted by atomic mass is 10.1. The Bertz CT molecular complexity index is 505. The zero-order valence-corrected chi connectivity index (χ0v) is 10.5. The van der Waals surface area contributed by atoms with Crippen molar-refractivity contribution < 1.29 is 14.0 Å². The van der Waals surface area contributed by atoms with E-state index in [0.717, 1.165) is 12.1 Å². The van der Waals surface area contributed by atoms with Crippen molar-refractivity contribution >= 4 is 11.8 Å². The summed E-state index contributed by atoms with van der Waals surface area (Å²) in [6.07, 6.45) is 0.446. The molecule has 1 aliphatic rings. The Morgan fingerprint density at radius 2 is 2.21 bits per heavy atom. The van der Waals surface area contributed by atoms with Gasteiger partial charge in [-0.2, -0.15) is 0 Å². The topological polar surface area (TPSA) is 75.4 Å². The highest BCUT2D eigenvalue weighted by Crippen LogP contribution is 2.12. The third-order valence-corrected chi connectivity index (χ3v) is 3.11. The molecule has 3 N–H and O–H groups in total. The summed E-state index contributed by atoms with van der Waals surface area (Å²) in [6.45, 7) is 2.52. The molecule has 1 saturated heterocycles. The molecule has 0 unspecified atom stereocenters. The molecule has 19 heavy (non-hydrogen) atoms. The average molecular weight is 265 g/mol. The molecule has 1 fully saturated rings. The summed E-state index contributed by atoms with van der Waals surface area (Å²) in [6, 6.07) is 4.40. The average Bonchev–Trinajstić information content (AvgIpc) is 2.54. The Labute approximate surface area is 110 Å². The molecule has 0 spiro atoms. The van der Waals surface area contributed by atoms with E-state index >= 15 is 0 Å². The Hall–Kier alpha value is -1.95. The molecule has 0 aliphatic carbocycles. The Morgan fingerprint density at radius 3 is 2.89 bits per heavy atom. The van der Waals surface area contributed by atoms with Crippen LogP contribution in [-0.4, -0.2) is 36.3 Å². The molecule has 2 rings (SSSR count). The lowest BCUT2D eigenvalue weighted by Gasteiger charge is -2.19. The molecule has 6 heteroatoms. The van der Waals surface area contributed by atoms with E-state index in [-0.39, 0.29) is 11.5 Å². The SMILES string of the molecule is NC(=O)c1ccc(CN2CCNC(=O)CC2)cc1F. The molecule has 0 aromatic heterocycles. The predicted octanol–water partition coefficient (Wildman–Crippen LogP) is 0.246. The van der Waals surface area contributed by atoms with Crippen LogP contribution in [0.2, 0.25) is 0 Å². The van der Waals surface area contributed by atoms with Gasteiger partial charge in [-0.15, -0.1) is 0 Å². The van der Waals surface area contributed by atoms with Gasteiger partial charge in [-0.1, -0.05) is 6.07 Å². The summed E-state index contributed by atoms with van der Waals surface area (Å²) < 4.78 is 13.6. The molecule has 2 amide bonds. The zero-order valence-electron chi connectivity index (χ0n) is 10.5. The number of rotatable bonds is 3. The largest absolute Gasteiger partial charge is 0.366 e. The number of carbonyl (C=O) groups excluding carboxylic acids is 2. The summed E-state index contributed by atoms with van der Waals surface area (Å²) in [5.74, 6) is -1.33. The fraction of sp³-hybridized carbons (Fsp3) is 0.385. The van der Waals surface area contributed by atoms with Gasteiger partial charge in [-0.05, 0) is 17.7 Å². The maximum absolute atomic E-state index is 13.6. The van der Waals surface area contributed by atoms with E-state index in [9.17, 15) is 14.0 Å². The summed E-state index contributed by atoms with van der Waals surface area (Å²) in [5.41, 5.74) is 5.71. The van der Waals surface area contributed by atoms with Crippen LogP contribution in [0.15, 0.2) is 18.2 Å². The molecule has 5 nitrogen and oxygen atoms in total. The number of benzene rings is 1. The van der Waals surface area contributed by atoms with Crippen molar-refractivity contribution in [2.24, 2.45) is 5.73 Å². The van der Waals surface area contributed by atoms with Crippen molar-refractivity contribution in [3.63, 3.8) is 0 Å². The first-order valence-corrected chi connectivity index (χ1v) is 6.13. The second-order valence-corrected chi connectivity index (χ2v) is 4.55. The number of carbonyl (C=O) groups is 2. The Kier molecular flexibility index (Phi) is 4.11. The molecule has 1 heterocycles. The van der Waals surface area contributed by atoms with Gasteiger partial charge in [-0.25, -0.2) is 4.39 Å². The molecule has 0 atom stereocenters. The van der Waals surface area contributed by atoms with E-state index in [1.54, 1.807) is 6.07 Å². The first-order valence-electron chi connectivity index (χ1n) is 6.13. The highest BCUT2D eigenvalue weighted by atomic mass is 19.1. The van der Waals surface area contributed by atoms with Crippen molar-refractivity contribution in [2.75, 3.05) is 19.6 Å². The molecule has 1 aromatic rings. The standard InChI is InChI=1S/C13H16FN3O2/c14-11-7-9(1-2-10(11)13(15)19)8-17-5-3-12(18)16-4-6-17/h1-2,7H,3-6,8H2,(H2,15,19)(H,16,18). The van der Waals surface area contributed by atoms with Crippen LogP contribution < -0.4 is 11.1 Å². The summed E-state index contributed by atoms with van der Waals surface area (Å²) in [7, 11) is 0. The van der Waals surface area contributed by atoms with Crippen LogP contribution in [0, 0.1) is 5.82 Å². The lowest BCUT2D eigenvalue weighted by molar-refractivity contribution is -0.120. The van der Waals surface area contributed by atoms with Crippen LogP contribution in [-0.2, 0) is 11.3 Å². The second-order valence-electron chi connectivity index (χ2n) is 4.55. The summed E-state index contributed by atoms with van der Waals surface area (Å²) in [5, 5.41) is 2.78. The minimum Gasteiger partial charge on any atom is -0.366 e. The van der Waals surface area contributed by atoms with Crippen molar-refractivity contribution in [1.82, 2.24) is 10.2 Å². The molecule has 0 radical (unpaired) electrons. The minimum atomic E-state index is -0.770. The third-order valence-electron chi connectivity index (χ3n) is 3.11. The van der Waals surface area contributed by atoms with Gasteiger partial charge in [0.05, 0.1) is 5.56 Å². The van der Waals surface area contributed by atoms with Crippen molar-refractivity contribution in [3.8, 4) is 0 Å². The number of nitrogens with two attached hydrogens (primary N) is 1. The number of amides is 2. The fourth-order valence-electron chi connectivity index (χ4n) is 2.09. The highest BCUT2D eigenvalue weighted by Gasteiger charge is 2.15. The molecule has 1 aromatic carbocycles. The number of primary amides is 1. The zero-order chi connectivity index (χ0) is 13.8. The van der Waals surface area contributed by atoms with Gasteiger partial charge < -0.3 is 11.1 Å². The number of halogens is 1. The maximum Gasteiger partial charge on any atom is 0.251 e. The first-order chi connectivity index (χ1) is 9.06. The quantitative estimate of drug-likeness (QED) is 0.822. The monoisotopic (exact) mass is 265 g/mol. The smallest absolute Gasteiger partial charge is 0.251 e. The second kappa shape index (κ2) is 5.79. The van der Waals surface area contributed by atoms with Gasteiger partial charge in [0.1, 0.15) is 5.82 Å². The predicted molar refractivity (Wildman–Crippen MR) is 67.8 cm³/mol. The number of hydrogen-bond donors (Lipinski definition) is 2. The molecular weight excluding hydrogens is 249 g/mol. The normalized spacial score (nSPS) is 16.8. The highest BCUT2D eigenvalue weighted by molar-refractivity contribution is 5.93. The van der Waals surface area contributed by atoms with Gasteiger partial charge in [-0.3, -0.25) is 14.5 Å². The Balaban J connectivity index is 2.04.